The van der Waals surface area contributed by atoms with Gasteiger partial charge in [-0.15, -0.1) is 0 Å². The standard InChI is InChI=1S/C21H18ClN3OS/c1-14-19(20(26)23-12-11-15-7-9-17(22)10-8-15)27-21-24-18(13-25(14)21)16-5-3-2-4-6-16/h2-10,13H,11-12H2,1H3,(H,23,26). The lowest BCUT2D eigenvalue weighted by Gasteiger charge is -2.05. The summed E-state index contributed by atoms with van der Waals surface area (Å²) in [5, 5.41) is 3.72. The van der Waals surface area contributed by atoms with Crippen molar-refractivity contribution in [2.24, 2.45) is 0 Å². The SMILES string of the molecule is Cc1c(C(=O)NCCc2ccc(Cl)cc2)sc2nc(-c3ccccc3)cn12. The Bertz CT molecular complexity index is 1080. The number of fused-ring (bicyclic) bond motifs is 1. The van der Waals surface area contributed by atoms with Crippen LogP contribution in [0, 0.1) is 6.92 Å². The lowest BCUT2D eigenvalue weighted by Crippen LogP contribution is -2.25. The molecule has 4 nitrogen and oxygen atoms in total. The number of nitrogens with zero attached hydrogens (tertiary/aromatic N) is 2. The van der Waals surface area contributed by atoms with Crippen molar-refractivity contribution in [2.45, 2.75) is 13.3 Å². The first-order valence-electron chi connectivity index (χ1n) is 8.68. The van der Waals surface area contributed by atoms with Crippen molar-refractivity contribution in [3.05, 3.63) is 82.0 Å². The number of halogens is 1. The van der Waals surface area contributed by atoms with E-state index in [1.165, 1.54) is 11.3 Å². The Kier molecular flexibility index (Phi) is 4.97. The van der Waals surface area contributed by atoms with Crippen molar-refractivity contribution in [3.63, 3.8) is 0 Å². The number of aromatic nitrogens is 2. The molecule has 0 spiro atoms. The van der Waals surface area contributed by atoms with Crippen molar-refractivity contribution in [1.29, 1.82) is 0 Å². The molecule has 4 rings (SSSR count). The topological polar surface area (TPSA) is 46.4 Å². The molecule has 0 aliphatic rings. The smallest absolute Gasteiger partial charge is 0.263 e. The molecule has 2 aromatic carbocycles. The van der Waals surface area contributed by atoms with Gasteiger partial charge in [0, 0.05) is 29.0 Å². The van der Waals surface area contributed by atoms with E-state index in [0.29, 0.717) is 11.4 Å². The van der Waals surface area contributed by atoms with Gasteiger partial charge in [0.15, 0.2) is 4.96 Å². The quantitative estimate of drug-likeness (QED) is 0.517. The minimum absolute atomic E-state index is 0.0572. The third-order valence-corrected chi connectivity index (χ3v) is 5.85. The van der Waals surface area contributed by atoms with Crippen LogP contribution < -0.4 is 5.32 Å². The average Bonchev–Trinajstić information content (AvgIpc) is 3.24. The van der Waals surface area contributed by atoms with E-state index < -0.39 is 0 Å². The summed E-state index contributed by atoms with van der Waals surface area (Å²) in [7, 11) is 0. The van der Waals surface area contributed by atoms with E-state index >= 15 is 0 Å². The number of amides is 1. The molecule has 0 aliphatic heterocycles. The number of benzene rings is 2. The molecule has 0 aliphatic carbocycles. The molecule has 0 bridgehead atoms. The predicted molar refractivity (Wildman–Crippen MR) is 111 cm³/mol. The van der Waals surface area contributed by atoms with Crippen LogP contribution in [0.4, 0.5) is 0 Å². The summed E-state index contributed by atoms with van der Waals surface area (Å²) >= 11 is 7.31. The number of aryl methyl sites for hydroxylation is 1. The monoisotopic (exact) mass is 395 g/mol. The van der Waals surface area contributed by atoms with Crippen LogP contribution >= 0.6 is 22.9 Å². The Morgan fingerprint density at radius 1 is 1.15 bits per heavy atom. The Morgan fingerprint density at radius 2 is 1.89 bits per heavy atom. The van der Waals surface area contributed by atoms with Gasteiger partial charge in [-0.05, 0) is 31.0 Å². The maximum atomic E-state index is 12.6. The van der Waals surface area contributed by atoms with E-state index in [4.69, 9.17) is 11.6 Å². The third-order valence-electron chi connectivity index (χ3n) is 4.45. The van der Waals surface area contributed by atoms with Crippen molar-refractivity contribution in [3.8, 4) is 11.3 Å². The van der Waals surface area contributed by atoms with Gasteiger partial charge in [0.05, 0.1) is 5.69 Å². The van der Waals surface area contributed by atoms with Gasteiger partial charge in [0.2, 0.25) is 0 Å². The molecule has 6 heteroatoms. The zero-order valence-electron chi connectivity index (χ0n) is 14.8. The molecular weight excluding hydrogens is 378 g/mol. The minimum Gasteiger partial charge on any atom is -0.351 e. The first-order chi connectivity index (χ1) is 13.1. The van der Waals surface area contributed by atoms with Gasteiger partial charge in [0.1, 0.15) is 4.88 Å². The van der Waals surface area contributed by atoms with Crippen LogP contribution in [0.25, 0.3) is 16.2 Å². The van der Waals surface area contributed by atoms with E-state index in [2.05, 4.69) is 10.3 Å². The molecule has 1 N–H and O–H groups in total. The zero-order chi connectivity index (χ0) is 18.8. The second kappa shape index (κ2) is 7.55. The summed E-state index contributed by atoms with van der Waals surface area (Å²) in [5.41, 5.74) is 4.04. The predicted octanol–water partition coefficient (Wildman–Crippen LogP) is 5.00. The molecule has 0 saturated heterocycles. The maximum absolute atomic E-state index is 12.6. The Hall–Kier alpha value is -2.63. The van der Waals surface area contributed by atoms with E-state index in [-0.39, 0.29) is 5.91 Å². The molecule has 0 radical (unpaired) electrons. The highest BCUT2D eigenvalue weighted by atomic mass is 35.5. The Morgan fingerprint density at radius 3 is 2.59 bits per heavy atom. The summed E-state index contributed by atoms with van der Waals surface area (Å²) in [5.74, 6) is -0.0572. The van der Waals surface area contributed by atoms with E-state index in [0.717, 1.165) is 38.9 Å². The highest BCUT2D eigenvalue weighted by Gasteiger charge is 2.17. The Balaban J connectivity index is 1.46. The number of carbonyl (C=O) groups excluding carboxylic acids is 1. The van der Waals surface area contributed by atoms with Gasteiger partial charge in [-0.1, -0.05) is 65.4 Å². The lowest BCUT2D eigenvalue weighted by atomic mass is 10.1. The van der Waals surface area contributed by atoms with Crippen LogP contribution in [-0.2, 0) is 6.42 Å². The number of nitrogens with one attached hydrogen (secondary N) is 1. The fourth-order valence-electron chi connectivity index (χ4n) is 2.96. The molecule has 0 atom stereocenters. The van der Waals surface area contributed by atoms with Crippen LogP contribution in [0.5, 0.6) is 0 Å². The molecule has 1 amide bonds. The molecule has 0 fully saturated rings. The summed E-state index contributed by atoms with van der Waals surface area (Å²) < 4.78 is 1.99. The second-order valence-corrected chi connectivity index (χ2v) is 7.71. The largest absolute Gasteiger partial charge is 0.351 e. The van der Waals surface area contributed by atoms with Gasteiger partial charge in [-0.3, -0.25) is 9.20 Å². The van der Waals surface area contributed by atoms with Gasteiger partial charge < -0.3 is 5.32 Å². The van der Waals surface area contributed by atoms with Crippen LogP contribution in [0.3, 0.4) is 0 Å². The van der Waals surface area contributed by atoms with Crippen molar-refractivity contribution < 1.29 is 4.79 Å². The summed E-state index contributed by atoms with van der Waals surface area (Å²) in [6.45, 7) is 2.53. The molecule has 136 valence electrons. The molecule has 4 aromatic rings. The third kappa shape index (κ3) is 3.75. The molecule has 2 aromatic heterocycles. The van der Waals surface area contributed by atoms with Gasteiger partial charge >= 0.3 is 0 Å². The highest BCUT2D eigenvalue weighted by Crippen LogP contribution is 2.27. The van der Waals surface area contributed by atoms with Crippen molar-refractivity contribution in [2.75, 3.05) is 6.54 Å². The van der Waals surface area contributed by atoms with Crippen LogP contribution in [0.1, 0.15) is 20.9 Å². The fraction of sp³-hybridized carbons (Fsp3) is 0.143. The number of rotatable bonds is 5. The molecular formula is C21H18ClN3OS. The molecule has 2 heterocycles. The fourth-order valence-corrected chi connectivity index (χ4v) is 4.11. The van der Waals surface area contributed by atoms with Gasteiger partial charge in [0.25, 0.3) is 5.91 Å². The summed E-state index contributed by atoms with van der Waals surface area (Å²) in [6.07, 6.45) is 2.75. The zero-order valence-corrected chi connectivity index (χ0v) is 16.3. The first-order valence-corrected chi connectivity index (χ1v) is 9.88. The van der Waals surface area contributed by atoms with E-state index in [1.807, 2.05) is 72.1 Å². The minimum atomic E-state index is -0.0572. The highest BCUT2D eigenvalue weighted by molar-refractivity contribution is 7.19. The van der Waals surface area contributed by atoms with Gasteiger partial charge in [-0.25, -0.2) is 4.98 Å². The number of carbonyl (C=O) groups is 1. The number of hydrogen-bond donors (Lipinski definition) is 1. The normalized spacial score (nSPS) is 11.0. The van der Waals surface area contributed by atoms with Crippen molar-refractivity contribution in [1.82, 2.24) is 14.7 Å². The second-order valence-electron chi connectivity index (χ2n) is 6.29. The summed E-state index contributed by atoms with van der Waals surface area (Å²) in [4.78, 5) is 18.8. The van der Waals surface area contributed by atoms with E-state index in [9.17, 15) is 4.79 Å². The van der Waals surface area contributed by atoms with Crippen LogP contribution in [0.15, 0.2) is 60.8 Å². The number of thiazole rings is 1. The van der Waals surface area contributed by atoms with Crippen LogP contribution in [0.2, 0.25) is 5.02 Å². The van der Waals surface area contributed by atoms with Crippen LogP contribution in [-0.4, -0.2) is 21.8 Å². The number of imidazole rings is 1. The Labute approximate surface area is 166 Å². The lowest BCUT2D eigenvalue weighted by molar-refractivity contribution is 0.0957. The number of hydrogen-bond acceptors (Lipinski definition) is 3. The maximum Gasteiger partial charge on any atom is 0.263 e. The average molecular weight is 396 g/mol. The molecule has 27 heavy (non-hydrogen) atoms. The van der Waals surface area contributed by atoms with Crippen molar-refractivity contribution >= 4 is 33.8 Å². The molecule has 0 saturated carbocycles. The summed E-state index contributed by atoms with van der Waals surface area (Å²) in [6, 6.07) is 17.7. The molecule has 0 unspecified atom stereocenters. The van der Waals surface area contributed by atoms with E-state index in [1.54, 1.807) is 0 Å². The van der Waals surface area contributed by atoms with Gasteiger partial charge in [-0.2, -0.15) is 0 Å². The first kappa shape index (κ1) is 17.8.